The summed E-state index contributed by atoms with van der Waals surface area (Å²) in [7, 11) is 0. The first kappa shape index (κ1) is 15.3. The highest BCUT2D eigenvalue weighted by atomic mass is 19.1. The van der Waals surface area contributed by atoms with E-state index in [1.807, 2.05) is 0 Å². The number of guanidine groups is 1. The molecular weight excluding hydrogens is 229 g/mol. The Morgan fingerprint density at radius 3 is 2.50 bits per heavy atom. The molecule has 2 N–H and O–H groups in total. The number of hydrogen-bond donors (Lipinski definition) is 2. The van der Waals surface area contributed by atoms with E-state index in [2.05, 4.69) is 29.5 Å². The zero-order valence-electron chi connectivity index (χ0n) is 11.9. The second-order valence-corrected chi connectivity index (χ2v) is 5.23. The molecule has 0 aromatic rings. The average molecular weight is 257 g/mol. The Morgan fingerprint density at radius 2 is 1.94 bits per heavy atom. The van der Waals surface area contributed by atoms with Crippen LogP contribution in [0.1, 0.15) is 52.4 Å². The van der Waals surface area contributed by atoms with Gasteiger partial charge in [0.2, 0.25) is 0 Å². The van der Waals surface area contributed by atoms with Gasteiger partial charge in [-0.2, -0.15) is 0 Å². The average Bonchev–Trinajstić information content (AvgIpc) is 2.86. The number of halogens is 1. The quantitative estimate of drug-likeness (QED) is 0.418. The fourth-order valence-corrected chi connectivity index (χ4v) is 2.61. The van der Waals surface area contributed by atoms with Crippen LogP contribution in [0.3, 0.4) is 0 Å². The molecule has 1 rings (SSSR count). The molecule has 1 fully saturated rings. The van der Waals surface area contributed by atoms with Crippen molar-refractivity contribution in [2.24, 2.45) is 10.4 Å². The molecule has 4 heteroatoms. The van der Waals surface area contributed by atoms with Crippen LogP contribution >= 0.6 is 0 Å². The van der Waals surface area contributed by atoms with E-state index in [9.17, 15) is 4.39 Å². The van der Waals surface area contributed by atoms with Crippen molar-refractivity contribution in [3.63, 3.8) is 0 Å². The van der Waals surface area contributed by atoms with Gasteiger partial charge in [-0.3, -0.25) is 9.38 Å². The van der Waals surface area contributed by atoms with Gasteiger partial charge < -0.3 is 10.6 Å². The second kappa shape index (κ2) is 8.33. The molecule has 0 saturated heterocycles. The molecule has 0 amide bonds. The topological polar surface area (TPSA) is 36.4 Å². The van der Waals surface area contributed by atoms with Gasteiger partial charge in [-0.1, -0.05) is 19.8 Å². The number of nitrogens with zero attached hydrogens (tertiary/aromatic N) is 1. The molecule has 0 unspecified atom stereocenters. The summed E-state index contributed by atoms with van der Waals surface area (Å²) < 4.78 is 12.1. The van der Waals surface area contributed by atoms with E-state index < -0.39 is 0 Å². The molecule has 1 aliphatic carbocycles. The van der Waals surface area contributed by atoms with E-state index in [0.29, 0.717) is 18.4 Å². The fourth-order valence-electron chi connectivity index (χ4n) is 2.61. The predicted molar refractivity (Wildman–Crippen MR) is 75.8 cm³/mol. The maximum Gasteiger partial charge on any atom is 0.191 e. The normalized spacial score (nSPS) is 18.9. The number of rotatable bonds is 7. The molecule has 0 aliphatic heterocycles. The molecular formula is C14H28FN3. The third-order valence-corrected chi connectivity index (χ3v) is 3.93. The molecule has 0 bridgehead atoms. The first-order valence-corrected chi connectivity index (χ1v) is 7.34. The maximum absolute atomic E-state index is 12.1. The van der Waals surface area contributed by atoms with Crippen LogP contribution in [-0.4, -0.2) is 32.3 Å². The van der Waals surface area contributed by atoms with Crippen LogP contribution in [0.5, 0.6) is 0 Å². The highest BCUT2D eigenvalue weighted by molar-refractivity contribution is 5.79. The Kier molecular flexibility index (Phi) is 7.06. The maximum atomic E-state index is 12.1. The van der Waals surface area contributed by atoms with Crippen molar-refractivity contribution in [3.05, 3.63) is 0 Å². The van der Waals surface area contributed by atoms with Crippen LogP contribution in [0.2, 0.25) is 0 Å². The van der Waals surface area contributed by atoms with Crippen LogP contribution in [0, 0.1) is 5.41 Å². The number of aliphatic imine (C=N–C) groups is 1. The van der Waals surface area contributed by atoms with Gasteiger partial charge in [-0.25, -0.2) is 0 Å². The Labute approximate surface area is 111 Å². The Balaban J connectivity index is 2.47. The van der Waals surface area contributed by atoms with Crippen molar-refractivity contribution < 1.29 is 4.39 Å². The minimum absolute atomic E-state index is 0.273. The van der Waals surface area contributed by atoms with Gasteiger partial charge >= 0.3 is 0 Å². The predicted octanol–water partition coefficient (Wildman–Crippen LogP) is 2.87. The summed E-state index contributed by atoms with van der Waals surface area (Å²) in [5.41, 5.74) is 0.419. The highest BCUT2D eigenvalue weighted by Gasteiger charge is 2.31. The summed E-state index contributed by atoms with van der Waals surface area (Å²) in [4.78, 5) is 4.68. The molecule has 1 saturated carbocycles. The monoisotopic (exact) mass is 257 g/mol. The summed E-state index contributed by atoms with van der Waals surface area (Å²) in [5, 5.41) is 6.41. The summed E-state index contributed by atoms with van der Waals surface area (Å²) in [6.45, 7) is 6.45. The number of alkyl halides is 1. The largest absolute Gasteiger partial charge is 0.357 e. The van der Waals surface area contributed by atoms with Crippen molar-refractivity contribution in [1.29, 1.82) is 0 Å². The molecule has 0 aromatic carbocycles. The van der Waals surface area contributed by atoms with Crippen LogP contribution < -0.4 is 10.6 Å². The van der Waals surface area contributed by atoms with Crippen LogP contribution in [0.15, 0.2) is 4.99 Å². The summed E-state index contributed by atoms with van der Waals surface area (Å²) >= 11 is 0. The van der Waals surface area contributed by atoms with Gasteiger partial charge in [-0.15, -0.1) is 0 Å². The van der Waals surface area contributed by atoms with Crippen molar-refractivity contribution >= 4 is 5.96 Å². The number of nitrogens with one attached hydrogen (secondary N) is 2. The minimum atomic E-state index is -0.273. The van der Waals surface area contributed by atoms with Crippen molar-refractivity contribution in [1.82, 2.24) is 10.6 Å². The first-order chi connectivity index (χ1) is 8.76. The SMILES string of the molecule is CCNC(=NCC1(CC)CCCC1)NCCCF. The van der Waals surface area contributed by atoms with Crippen LogP contribution in [0.4, 0.5) is 4.39 Å². The van der Waals surface area contributed by atoms with Gasteiger partial charge in [0.15, 0.2) is 5.96 Å². The van der Waals surface area contributed by atoms with Gasteiger partial charge in [0, 0.05) is 19.6 Å². The summed E-state index contributed by atoms with van der Waals surface area (Å²) in [5.74, 6) is 0.839. The van der Waals surface area contributed by atoms with Gasteiger partial charge in [0.05, 0.1) is 6.67 Å². The smallest absolute Gasteiger partial charge is 0.191 e. The zero-order valence-corrected chi connectivity index (χ0v) is 11.9. The first-order valence-electron chi connectivity index (χ1n) is 7.34. The van der Waals surface area contributed by atoms with Gasteiger partial charge in [0.1, 0.15) is 0 Å². The van der Waals surface area contributed by atoms with E-state index in [4.69, 9.17) is 0 Å². The fraction of sp³-hybridized carbons (Fsp3) is 0.929. The zero-order chi connectivity index (χ0) is 13.3. The Bertz CT molecular complexity index is 247. The standard InChI is InChI=1S/C14H28FN3/c1-3-14(8-5-6-9-14)12-18-13(16-4-2)17-11-7-10-15/h3-12H2,1-2H3,(H2,16,17,18). The lowest BCUT2D eigenvalue weighted by atomic mass is 9.84. The highest BCUT2D eigenvalue weighted by Crippen LogP contribution is 2.41. The van der Waals surface area contributed by atoms with Gasteiger partial charge in [0.25, 0.3) is 0 Å². The molecule has 0 heterocycles. The van der Waals surface area contributed by atoms with E-state index >= 15 is 0 Å². The lowest BCUT2D eigenvalue weighted by Gasteiger charge is -2.25. The Morgan fingerprint density at radius 1 is 1.22 bits per heavy atom. The van der Waals surface area contributed by atoms with Gasteiger partial charge in [-0.05, 0) is 38.0 Å². The third-order valence-electron chi connectivity index (χ3n) is 3.93. The second-order valence-electron chi connectivity index (χ2n) is 5.23. The van der Waals surface area contributed by atoms with E-state index in [-0.39, 0.29) is 6.67 Å². The summed E-state index contributed by atoms with van der Waals surface area (Å²) in [6, 6.07) is 0. The molecule has 0 radical (unpaired) electrons. The molecule has 0 spiro atoms. The third kappa shape index (κ3) is 4.83. The van der Waals surface area contributed by atoms with Crippen molar-refractivity contribution in [2.75, 3.05) is 26.3 Å². The molecule has 106 valence electrons. The van der Waals surface area contributed by atoms with Crippen molar-refractivity contribution in [2.45, 2.75) is 52.4 Å². The lowest BCUT2D eigenvalue weighted by Crippen LogP contribution is -2.38. The Hall–Kier alpha value is -0.800. The molecule has 0 atom stereocenters. The minimum Gasteiger partial charge on any atom is -0.357 e. The van der Waals surface area contributed by atoms with E-state index in [0.717, 1.165) is 19.0 Å². The van der Waals surface area contributed by atoms with Crippen LogP contribution in [0.25, 0.3) is 0 Å². The van der Waals surface area contributed by atoms with E-state index in [1.165, 1.54) is 32.1 Å². The van der Waals surface area contributed by atoms with Crippen molar-refractivity contribution in [3.8, 4) is 0 Å². The molecule has 0 aromatic heterocycles. The lowest BCUT2D eigenvalue weighted by molar-refractivity contribution is 0.297. The number of hydrogen-bond acceptors (Lipinski definition) is 1. The molecule has 3 nitrogen and oxygen atoms in total. The van der Waals surface area contributed by atoms with Crippen LogP contribution in [-0.2, 0) is 0 Å². The molecule has 18 heavy (non-hydrogen) atoms. The van der Waals surface area contributed by atoms with E-state index in [1.54, 1.807) is 0 Å². The molecule has 1 aliphatic rings. The summed E-state index contributed by atoms with van der Waals surface area (Å²) in [6.07, 6.45) is 7.04.